The predicted molar refractivity (Wildman–Crippen MR) is 88.2 cm³/mol. The summed E-state index contributed by atoms with van der Waals surface area (Å²) in [6.45, 7) is 7.96. The molecule has 1 rings (SSSR count). The molecule has 1 atom stereocenters. The Kier molecular flexibility index (Phi) is 8.86. The third kappa shape index (κ3) is 6.58. The second kappa shape index (κ2) is 10.6. The topological polar surface area (TPSA) is 71.1 Å². The minimum atomic E-state index is -1.03. The van der Waals surface area contributed by atoms with Crippen molar-refractivity contribution < 1.29 is 29.1 Å². The molecule has 0 amide bonds. The fourth-order valence-corrected chi connectivity index (χ4v) is 2.36. The Bertz CT molecular complexity index is 520. The van der Waals surface area contributed by atoms with Gasteiger partial charge in [-0.3, -0.25) is 4.89 Å². The summed E-state index contributed by atoms with van der Waals surface area (Å²) in [5.74, 6) is -0.442. The molecule has 0 radical (unpaired) electrons. The van der Waals surface area contributed by atoms with Crippen LogP contribution in [0.25, 0.3) is 0 Å². The van der Waals surface area contributed by atoms with Gasteiger partial charge in [0, 0.05) is 0 Å². The Hall–Kier alpha value is -2.08. The summed E-state index contributed by atoms with van der Waals surface area (Å²) >= 11 is 0. The lowest BCUT2D eigenvalue weighted by Crippen LogP contribution is -2.17. The van der Waals surface area contributed by atoms with E-state index in [1.165, 1.54) is 0 Å². The minimum Gasteiger partial charge on any atom is -0.432 e. The first-order chi connectivity index (χ1) is 11.5. The van der Waals surface area contributed by atoms with Crippen molar-refractivity contribution in [3.63, 3.8) is 0 Å². The van der Waals surface area contributed by atoms with Crippen LogP contribution in [0.4, 0.5) is 4.79 Å². The van der Waals surface area contributed by atoms with E-state index < -0.39 is 12.1 Å². The van der Waals surface area contributed by atoms with Gasteiger partial charge in [0.05, 0.1) is 17.2 Å². The van der Waals surface area contributed by atoms with E-state index in [2.05, 4.69) is 21.7 Å². The van der Waals surface area contributed by atoms with Gasteiger partial charge in [-0.25, -0.2) is 14.5 Å². The van der Waals surface area contributed by atoms with E-state index in [0.717, 1.165) is 36.8 Å². The van der Waals surface area contributed by atoms with Crippen molar-refractivity contribution in [2.75, 3.05) is 6.61 Å². The van der Waals surface area contributed by atoms with Gasteiger partial charge < -0.3 is 4.74 Å². The summed E-state index contributed by atoms with van der Waals surface area (Å²) < 4.78 is 4.95. The minimum absolute atomic E-state index is 0.254. The first-order valence-electron chi connectivity index (χ1n) is 8.28. The maximum atomic E-state index is 11.9. The zero-order valence-corrected chi connectivity index (χ0v) is 14.8. The van der Waals surface area contributed by atoms with Crippen molar-refractivity contribution >= 4 is 12.1 Å². The summed E-state index contributed by atoms with van der Waals surface area (Å²) in [5, 5.41) is 4.24. The molecule has 0 aromatic heterocycles. The van der Waals surface area contributed by atoms with E-state index in [1.807, 2.05) is 13.0 Å². The highest BCUT2D eigenvalue weighted by atomic mass is 17.5. The summed E-state index contributed by atoms with van der Waals surface area (Å²) in [7, 11) is 0. The van der Waals surface area contributed by atoms with E-state index in [9.17, 15) is 9.59 Å². The van der Waals surface area contributed by atoms with Gasteiger partial charge in [-0.15, -0.1) is 0 Å². The molecule has 6 heteroatoms. The van der Waals surface area contributed by atoms with Crippen molar-refractivity contribution in [3.05, 3.63) is 34.9 Å². The standard InChI is InChI=1S/C18H26O6/c1-5-7-11-15(6-2)12-21-18(20)23-24-22-17(19)16-13(3)9-8-10-14(16)4/h8-10,15H,5-7,11-12H2,1-4H3. The first-order valence-corrected chi connectivity index (χ1v) is 8.28. The van der Waals surface area contributed by atoms with Gasteiger partial charge in [0.25, 0.3) is 0 Å². The third-order valence-electron chi connectivity index (χ3n) is 3.88. The highest BCUT2D eigenvalue weighted by molar-refractivity contribution is 5.92. The number of unbranched alkanes of at least 4 members (excludes halogenated alkanes) is 1. The van der Waals surface area contributed by atoms with Gasteiger partial charge in [-0.2, -0.15) is 0 Å². The Morgan fingerprint density at radius 1 is 1.08 bits per heavy atom. The van der Waals surface area contributed by atoms with Crippen LogP contribution in [0.15, 0.2) is 18.2 Å². The molecule has 0 heterocycles. The molecule has 1 aromatic carbocycles. The quantitative estimate of drug-likeness (QED) is 0.370. The van der Waals surface area contributed by atoms with Gasteiger partial charge in [0.1, 0.15) is 0 Å². The number of rotatable bonds is 9. The zero-order chi connectivity index (χ0) is 17.9. The molecule has 0 aliphatic carbocycles. The fraction of sp³-hybridized carbons (Fsp3) is 0.556. The third-order valence-corrected chi connectivity index (χ3v) is 3.88. The molecule has 0 saturated heterocycles. The number of aryl methyl sites for hydroxylation is 2. The van der Waals surface area contributed by atoms with E-state index in [-0.39, 0.29) is 12.5 Å². The lowest BCUT2D eigenvalue weighted by molar-refractivity contribution is -0.452. The number of benzene rings is 1. The summed E-state index contributed by atoms with van der Waals surface area (Å²) in [6.07, 6.45) is 3.05. The molecule has 0 spiro atoms. The highest BCUT2D eigenvalue weighted by Crippen LogP contribution is 2.15. The normalized spacial score (nSPS) is 11.7. The van der Waals surface area contributed by atoms with Crippen molar-refractivity contribution in [3.8, 4) is 0 Å². The Balaban J connectivity index is 2.34. The molecule has 0 aliphatic rings. The van der Waals surface area contributed by atoms with E-state index in [0.29, 0.717) is 5.56 Å². The molecule has 0 aliphatic heterocycles. The summed E-state index contributed by atoms with van der Waals surface area (Å²) in [6, 6.07) is 5.39. The highest BCUT2D eigenvalue weighted by Gasteiger charge is 2.17. The summed E-state index contributed by atoms with van der Waals surface area (Å²) in [5.41, 5.74) is 1.86. The van der Waals surface area contributed by atoms with Gasteiger partial charge in [0.2, 0.25) is 0 Å². The van der Waals surface area contributed by atoms with Crippen molar-refractivity contribution in [2.45, 2.75) is 53.4 Å². The molecule has 0 saturated carbocycles. The van der Waals surface area contributed by atoms with Crippen LogP contribution in [0, 0.1) is 19.8 Å². The fourth-order valence-electron chi connectivity index (χ4n) is 2.36. The van der Waals surface area contributed by atoms with Crippen LogP contribution in [0.1, 0.15) is 61.0 Å². The SMILES string of the molecule is CCCCC(CC)COC(=O)OOOC(=O)c1c(C)cccc1C. The van der Waals surface area contributed by atoms with Gasteiger partial charge in [-0.05, 0) is 37.3 Å². The van der Waals surface area contributed by atoms with Gasteiger partial charge in [0.15, 0.2) is 0 Å². The maximum absolute atomic E-state index is 11.9. The van der Waals surface area contributed by atoms with E-state index in [1.54, 1.807) is 26.0 Å². The van der Waals surface area contributed by atoms with Crippen LogP contribution < -0.4 is 0 Å². The Morgan fingerprint density at radius 2 is 1.75 bits per heavy atom. The summed E-state index contributed by atoms with van der Waals surface area (Å²) in [4.78, 5) is 32.2. The Labute approximate surface area is 142 Å². The molecular formula is C18H26O6. The van der Waals surface area contributed by atoms with E-state index >= 15 is 0 Å². The van der Waals surface area contributed by atoms with Crippen LogP contribution in [-0.4, -0.2) is 18.7 Å². The number of hydrogen-bond donors (Lipinski definition) is 0. The maximum Gasteiger partial charge on any atom is 0.543 e. The average molecular weight is 338 g/mol. The van der Waals surface area contributed by atoms with Crippen molar-refractivity contribution in [1.82, 2.24) is 0 Å². The molecular weight excluding hydrogens is 312 g/mol. The first kappa shape index (κ1) is 20.0. The van der Waals surface area contributed by atoms with Crippen molar-refractivity contribution in [2.24, 2.45) is 5.92 Å². The van der Waals surface area contributed by atoms with Gasteiger partial charge >= 0.3 is 12.1 Å². The molecule has 0 bridgehead atoms. The lowest BCUT2D eigenvalue weighted by Gasteiger charge is -2.13. The number of hydrogen-bond acceptors (Lipinski definition) is 6. The van der Waals surface area contributed by atoms with Gasteiger partial charge in [-0.1, -0.05) is 51.3 Å². The molecule has 24 heavy (non-hydrogen) atoms. The monoisotopic (exact) mass is 338 g/mol. The van der Waals surface area contributed by atoms with Crippen LogP contribution in [0.2, 0.25) is 0 Å². The zero-order valence-electron chi connectivity index (χ0n) is 14.8. The predicted octanol–water partition coefficient (Wildman–Crippen LogP) is 4.68. The van der Waals surface area contributed by atoms with Crippen LogP contribution in [0.5, 0.6) is 0 Å². The van der Waals surface area contributed by atoms with Crippen LogP contribution in [0.3, 0.4) is 0 Å². The molecule has 1 aromatic rings. The van der Waals surface area contributed by atoms with Crippen molar-refractivity contribution in [1.29, 1.82) is 0 Å². The molecule has 0 N–H and O–H groups in total. The second-order valence-electron chi connectivity index (χ2n) is 5.77. The number of carbonyl (C=O) groups is 2. The molecule has 134 valence electrons. The number of ether oxygens (including phenoxy) is 1. The average Bonchev–Trinajstić information content (AvgIpc) is 2.55. The number of carbonyl (C=O) groups excluding carboxylic acids is 2. The van der Waals surface area contributed by atoms with E-state index in [4.69, 9.17) is 4.74 Å². The Morgan fingerprint density at radius 3 is 2.33 bits per heavy atom. The smallest absolute Gasteiger partial charge is 0.432 e. The molecule has 1 unspecified atom stereocenters. The second-order valence-corrected chi connectivity index (χ2v) is 5.77. The molecule has 0 fully saturated rings. The lowest BCUT2D eigenvalue weighted by atomic mass is 10.0. The van der Waals surface area contributed by atoms with Crippen LogP contribution >= 0.6 is 0 Å². The molecule has 6 nitrogen and oxygen atoms in total. The van der Waals surface area contributed by atoms with Crippen LogP contribution in [-0.2, 0) is 19.6 Å². The largest absolute Gasteiger partial charge is 0.543 e.